The van der Waals surface area contributed by atoms with E-state index in [1.807, 2.05) is 18.2 Å². The normalized spacial score (nSPS) is 20.8. The fraction of sp³-hybridized carbons (Fsp3) is 0.588. The van der Waals surface area contributed by atoms with E-state index in [1.54, 1.807) is 0 Å². The molecular formula is C17H24BrN3. The molecule has 1 aliphatic heterocycles. The SMILES string of the molecule is CCCN1CCCC(C(C)Nc2cc(Br)ccc2C#N)C1. The minimum absolute atomic E-state index is 0.381. The maximum absolute atomic E-state index is 9.23. The van der Waals surface area contributed by atoms with E-state index in [-0.39, 0.29) is 0 Å². The van der Waals surface area contributed by atoms with Gasteiger partial charge in [0.25, 0.3) is 0 Å². The van der Waals surface area contributed by atoms with Crippen molar-refractivity contribution in [3.05, 3.63) is 28.2 Å². The monoisotopic (exact) mass is 349 g/mol. The number of benzene rings is 1. The summed E-state index contributed by atoms with van der Waals surface area (Å²) in [5.74, 6) is 0.649. The van der Waals surface area contributed by atoms with Crippen LogP contribution in [0.5, 0.6) is 0 Å². The van der Waals surface area contributed by atoms with E-state index in [0.717, 1.165) is 16.7 Å². The van der Waals surface area contributed by atoms with Crippen LogP contribution < -0.4 is 5.32 Å². The number of nitrogens with zero attached hydrogens (tertiary/aromatic N) is 2. The van der Waals surface area contributed by atoms with Crippen molar-refractivity contribution in [2.75, 3.05) is 25.0 Å². The van der Waals surface area contributed by atoms with Gasteiger partial charge in [-0.2, -0.15) is 5.26 Å². The maximum Gasteiger partial charge on any atom is 0.101 e. The van der Waals surface area contributed by atoms with Crippen molar-refractivity contribution in [2.24, 2.45) is 5.92 Å². The Morgan fingerprint density at radius 1 is 1.52 bits per heavy atom. The van der Waals surface area contributed by atoms with Crippen LogP contribution >= 0.6 is 15.9 Å². The molecule has 1 aliphatic rings. The van der Waals surface area contributed by atoms with Crippen molar-refractivity contribution < 1.29 is 0 Å². The van der Waals surface area contributed by atoms with E-state index in [4.69, 9.17) is 0 Å². The molecule has 0 aromatic heterocycles. The van der Waals surface area contributed by atoms with Crippen molar-refractivity contribution in [1.82, 2.24) is 4.90 Å². The number of halogens is 1. The molecule has 1 aromatic carbocycles. The van der Waals surface area contributed by atoms with Gasteiger partial charge in [0.1, 0.15) is 6.07 Å². The van der Waals surface area contributed by atoms with Crippen LogP contribution in [0.4, 0.5) is 5.69 Å². The van der Waals surface area contributed by atoms with Crippen molar-refractivity contribution in [3.63, 3.8) is 0 Å². The number of hydrogen-bond donors (Lipinski definition) is 1. The van der Waals surface area contributed by atoms with Crippen molar-refractivity contribution >= 4 is 21.6 Å². The van der Waals surface area contributed by atoms with Crippen LogP contribution in [-0.4, -0.2) is 30.6 Å². The van der Waals surface area contributed by atoms with Gasteiger partial charge in [0, 0.05) is 17.1 Å². The summed E-state index contributed by atoms with van der Waals surface area (Å²) < 4.78 is 1.01. The van der Waals surface area contributed by atoms with Gasteiger partial charge < -0.3 is 10.2 Å². The number of nitriles is 1. The van der Waals surface area contributed by atoms with Gasteiger partial charge in [-0.05, 0) is 63.4 Å². The molecule has 0 radical (unpaired) electrons. The highest BCUT2D eigenvalue weighted by Gasteiger charge is 2.24. The van der Waals surface area contributed by atoms with Crippen molar-refractivity contribution in [3.8, 4) is 6.07 Å². The average Bonchev–Trinajstić information content (AvgIpc) is 2.48. The number of likely N-dealkylation sites (tertiary alicyclic amines) is 1. The summed E-state index contributed by atoms with van der Waals surface area (Å²) in [6.07, 6.45) is 3.77. The van der Waals surface area contributed by atoms with Gasteiger partial charge in [-0.25, -0.2) is 0 Å². The molecule has 1 heterocycles. The number of piperidine rings is 1. The Kier molecular flexibility index (Phi) is 6.08. The Morgan fingerprint density at radius 3 is 3.05 bits per heavy atom. The van der Waals surface area contributed by atoms with Crippen LogP contribution in [0.25, 0.3) is 0 Å². The third-order valence-corrected chi connectivity index (χ3v) is 4.77. The third kappa shape index (κ3) is 4.46. The van der Waals surface area contributed by atoms with Gasteiger partial charge in [0.05, 0.1) is 11.3 Å². The quantitative estimate of drug-likeness (QED) is 0.863. The van der Waals surface area contributed by atoms with Gasteiger partial charge in [-0.15, -0.1) is 0 Å². The molecule has 2 unspecified atom stereocenters. The molecular weight excluding hydrogens is 326 g/mol. The van der Waals surface area contributed by atoms with Crippen molar-refractivity contribution in [2.45, 2.75) is 39.2 Å². The zero-order valence-corrected chi connectivity index (χ0v) is 14.5. The lowest BCUT2D eigenvalue weighted by Gasteiger charge is -2.36. The molecule has 0 spiro atoms. The van der Waals surface area contributed by atoms with E-state index >= 15 is 0 Å². The minimum atomic E-state index is 0.381. The van der Waals surface area contributed by atoms with E-state index in [1.165, 1.54) is 32.4 Å². The van der Waals surface area contributed by atoms with Gasteiger partial charge in [0.15, 0.2) is 0 Å². The number of anilines is 1. The van der Waals surface area contributed by atoms with E-state index in [9.17, 15) is 5.26 Å². The maximum atomic E-state index is 9.23. The fourth-order valence-corrected chi connectivity index (χ4v) is 3.48. The summed E-state index contributed by atoms with van der Waals surface area (Å²) >= 11 is 3.48. The molecule has 1 N–H and O–H groups in total. The molecule has 21 heavy (non-hydrogen) atoms. The topological polar surface area (TPSA) is 39.1 Å². The van der Waals surface area contributed by atoms with Crippen LogP contribution in [0, 0.1) is 17.2 Å². The van der Waals surface area contributed by atoms with Crippen LogP contribution in [0.1, 0.15) is 38.7 Å². The van der Waals surface area contributed by atoms with Crippen LogP contribution in [0.15, 0.2) is 22.7 Å². The lowest BCUT2D eigenvalue weighted by Crippen LogP contribution is -2.42. The summed E-state index contributed by atoms with van der Waals surface area (Å²) in [4.78, 5) is 2.57. The standard InChI is InChI=1S/C17H24BrN3/c1-3-8-21-9-4-5-15(12-21)13(2)20-17-10-16(18)7-6-14(17)11-19/h6-7,10,13,15,20H,3-5,8-9,12H2,1-2H3. The molecule has 0 bridgehead atoms. The van der Waals surface area contributed by atoms with Crippen LogP contribution in [0.2, 0.25) is 0 Å². The highest BCUT2D eigenvalue weighted by atomic mass is 79.9. The first kappa shape index (κ1) is 16.3. The third-order valence-electron chi connectivity index (χ3n) is 4.27. The Hall–Kier alpha value is -1.05. The minimum Gasteiger partial charge on any atom is -0.381 e. The summed E-state index contributed by atoms with van der Waals surface area (Å²) in [6.45, 7) is 8.08. The van der Waals surface area contributed by atoms with Gasteiger partial charge in [-0.1, -0.05) is 22.9 Å². The molecule has 4 heteroatoms. The van der Waals surface area contributed by atoms with Gasteiger partial charge in [-0.3, -0.25) is 0 Å². The van der Waals surface area contributed by atoms with Gasteiger partial charge in [0.2, 0.25) is 0 Å². The van der Waals surface area contributed by atoms with E-state index in [0.29, 0.717) is 17.5 Å². The molecule has 1 saturated heterocycles. The number of rotatable bonds is 5. The molecule has 1 fully saturated rings. The highest BCUT2D eigenvalue weighted by molar-refractivity contribution is 9.10. The van der Waals surface area contributed by atoms with Gasteiger partial charge >= 0.3 is 0 Å². The molecule has 0 amide bonds. The molecule has 2 atom stereocenters. The summed E-state index contributed by atoms with van der Waals surface area (Å²) in [6, 6.07) is 8.43. The van der Waals surface area contributed by atoms with Crippen LogP contribution in [0.3, 0.4) is 0 Å². The summed E-state index contributed by atoms with van der Waals surface area (Å²) in [5.41, 5.74) is 1.65. The summed E-state index contributed by atoms with van der Waals surface area (Å²) in [5, 5.41) is 12.8. The Balaban J connectivity index is 2.02. The zero-order valence-electron chi connectivity index (χ0n) is 12.9. The highest BCUT2D eigenvalue weighted by Crippen LogP contribution is 2.26. The smallest absolute Gasteiger partial charge is 0.101 e. The second kappa shape index (κ2) is 7.82. The Morgan fingerprint density at radius 2 is 2.33 bits per heavy atom. The molecule has 114 valence electrons. The molecule has 1 aromatic rings. The number of hydrogen-bond acceptors (Lipinski definition) is 3. The zero-order chi connectivity index (χ0) is 15.2. The fourth-order valence-electron chi connectivity index (χ4n) is 3.12. The molecule has 0 aliphatic carbocycles. The van der Waals surface area contributed by atoms with Crippen molar-refractivity contribution in [1.29, 1.82) is 5.26 Å². The Bertz CT molecular complexity index is 507. The lowest BCUT2D eigenvalue weighted by molar-refractivity contribution is 0.165. The summed E-state index contributed by atoms with van der Waals surface area (Å²) in [7, 11) is 0. The predicted molar refractivity (Wildman–Crippen MR) is 91.4 cm³/mol. The first-order valence-corrected chi connectivity index (χ1v) is 8.62. The second-order valence-corrected chi connectivity index (χ2v) is 6.85. The number of nitrogens with one attached hydrogen (secondary N) is 1. The largest absolute Gasteiger partial charge is 0.381 e. The average molecular weight is 350 g/mol. The molecule has 2 rings (SSSR count). The molecule has 3 nitrogen and oxygen atoms in total. The first-order chi connectivity index (χ1) is 10.1. The van der Waals surface area contributed by atoms with E-state index < -0.39 is 0 Å². The van der Waals surface area contributed by atoms with E-state index in [2.05, 4.69) is 46.1 Å². The molecule has 0 saturated carbocycles. The lowest BCUT2D eigenvalue weighted by atomic mass is 9.91. The Labute approximate surface area is 136 Å². The second-order valence-electron chi connectivity index (χ2n) is 5.94. The predicted octanol–water partition coefficient (Wildman–Crippen LogP) is 4.24. The van der Waals surface area contributed by atoms with Crippen LogP contribution in [-0.2, 0) is 0 Å². The first-order valence-electron chi connectivity index (χ1n) is 7.82.